The maximum absolute atomic E-state index is 13.0. The van der Waals surface area contributed by atoms with Crippen LogP contribution in [0.5, 0.6) is 0 Å². The Labute approximate surface area is 159 Å². The standard InChI is InChI=1S/C20H27N3O4/c1-3-15-7-5-6-8-16(15)21-17(24)20(9-10-20)18(25)22-11-13-23(14-12-22)19(26)27-4-2/h5-8H,3-4,9-14H2,1-2H3,(H,21,24). The molecule has 0 unspecified atom stereocenters. The maximum Gasteiger partial charge on any atom is 0.409 e. The lowest BCUT2D eigenvalue weighted by molar-refractivity contribution is -0.143. The lowest BCUT2D eigenvalue weighted by Crippen LogP contribution is -2.53. The Balaban J connectivity index is 1.61. The number of para-hydroxylation sites is 1. The molecule has 1 aromatic rings. The summed E-state index contributed by atoms with van der Waals surface area (Å²) in [5, 5.41) is 2.96. The topological polar surface area (TPSA) is 79.0 Å². The van der Waals surface area contributed by atoms with Crippen molar-refractivity contribution >= 4 is 23.6 Å². The molecule has 1 saturated carbocycles. The molecule has 1 aliphatic heterocycles. The molecule has 0 radical (unpaired) electrons. The number of benzene rings is 1. The van der Waals surface area contributed by atoms with Crippen LogP contribution in [0.1, 0.15) is 32.3 Å². The first-order valence-corrected chi connectivity index (χ1v) is 9.62. The molecule has 0 atom stereocenters. The van der Waals surface area contributed by atoms with Crippen LogP contribution < -0.4 is 5.32 Å². The van der Waals surface area contributed by atoms with Gasteiger partial charge in [-0.2, -0.15) is 0 Å². The number of anilines is 1. The van der Waals surface area contributed by atoms with Gasteiger partial charge in [-0.05, 0) is 37.8 Å². The number of hydrogen-bond acceptors (Lipinski definition) is 4. The molecule has 2 aliphatic rings. The van der Waals surface area contributed by atoms with Crippen LogP contribution in [0.15, 0.2) is 24.3 Å². The van der Waals surface area contributed by atoms with Crippen LogP contribution in [0, 0.1) is 5.41 Å². The van der Waals surface area contributed by atoms with Crippen molar-refractivity contribution < 1.29 is 19.1 Å². The fourth-order valence-electron chi connectivity index (χ4n) is 3.47. The third-order valence-electron chi connectivity index (χ3n) is 5.33. The van der Waals surface area contributed by atoms with Crippen LogP contribution in [0.3, 0.4) is 0 Å². The Kier molecular flexibility index (Phi) is 5.68. The van der Waals surface area contributed by atoms with Crippen molar-refractivity contribution in [1.29, 1.82) is 0 Å². The SMILES string of the molecule is CCOC(=O)N1CCN(C(=O)C2(C(=O)Nc3ccccc3CC)CC2)CC1. The average molecular weight is 373 g/mol. The number of carbonyl (C=O) groups is 3. The molecule has 1 saturated heterocycles. The highest BCUT2D eigenvalue weighted by molar-refractivity contribution is 6.13. The molecule has 0 spiro atoms. The third kappa shape index (κ3) is 3.91. The van der Waals surface area contributed by atoms with E-state index in [1.165, 1.54) is 0 Å². The van der Waals surface area contributed by atoms with E-state index in [9.17, 15) is 14.4 Å². The molecule has 1 heterocycles. The van der Waals surface area contributed by atoms with Crippen LogP contribution in [-0.4, -0.2) is 60.5 Å². The van der Waals surface area contributed by atoms with Gasteiger partial charge in [0.05, 0.1) is 6.61 Å². The number of hydrogen-bond donors (Lipinski definition) is 1. The molecule has 27 heavy (non-hydrogen) atoms. The summed E-state index contributed by atoms with van der Waals surface area (Å²) in [5.74, 6) is -0.348. The molecule has 146 valence electrons. The fraction of sp³-hybridized carbons (Fsp3) is 0.550. The van der Waals surface area contributed by atoms with Crippen molar-refractivity contribution in [3.05, 3.63) is 29.8 Å². The molecule has 3 amide bonds. The molecular weight excluding hydrogens is 346 g/mol. The van der Waals surface area contributed by atoms with Crippen LogP contribution in [0.2, 0.25) is 0 Å². The lowest BCUT2D eigenvalue weighted by atomic mass is 10.0. The van der Waals surface area contributed by atoms with E-state index in [0.29, 0.717) is 45.6 Å². The summed E-state index contributed by atoms with van der Waals surface area (Å²) < 4.78 is 5.00. The van der Waals surface area contributed by atoms with Gasteiger partial charge < -0.3 is 19.9 Å². The zero-order valence-electron chi connectivity index (χ0n) is 16.0. The molecular formula is C20H27N3O4. The number of piperazine rings is 1. The predicted molar refractivity (Wildman–Crippen MR) is 101 cm³/mol. The highest BCUT2D eigenvalue weighted by atomic mass is 16.6. The van der Waals surface area contributed by atoms with E-state index in [1.54, 1.807) is 16.7 Å². The Morgan fingerprint density at radius 1 is 1.04 bits per heavy atom. The van der Waals surface area contributed by atoms with Crippen molar-refractivity contribution in [1.82, 2.24) is 9.80 Å². The van der Waals surface area contributed by atoms with E-state index >= 15 is 0 Å². The second-order valence-electron chi connectivity index (χ2n) is 7.03. The number of nitrogens with zero attached hydrogens (tertiary/aromatic N) is 2. The Bertz CT molecular complexity index is 722. The Morgan fingerprint density at radius 2 is 1.67 bits per heavy atom. The Morgan fingerprint density at radius 3 is 2.26 bits per heavy atom. The van der Waals surface area contributed by atoms with Crippen molar-refractivity contribution in [2.24, 2.45) is 5.41 Å². The van der Waals surface area contributed by atoms with Crippen molar-refractivity contribution in [3.63, 3.8) is 0 Å². The molecule has 0 bridgehead atoms. The summed E-state index contributed by atoms with van der Waals surface area (Å²) in [5.41, 5.74) is 0.876. The van der Waals surface area contributed by atoms with Crippen molar-refractivity contribution in [2.45, 2.75) is 33.1 Å². The predicted octanol–water partition coefficient (Wildman–Crippen LogP) is 2.27. The van der Waals surface area contributed by atoms with E-state index in [4.69, 9.17) is 4.74 Å². The summed E-state index contributed by atoms with van der Waals surface area (Å²) in [6, 6.07) is 7.67. The van der Waals surface area contributed by atoms with Crippen LogP contribution >= 0.6 is 0 Å². The van der Waals surface area contributed by atoms with Gasteiger partial charge in [-0.3, -0.25) is 9.59 Å². The molecule has 3 rings (SSSR count). The van der Waals surface area contributed by atoms with E-state index < -0.39 is 5.41 Å². The number of amides is 3. The highest BCUT2D eigenvalue weighted by Crippen LogP contribution is 2.48. The first-order chi connectivity index (χ1) is 13.0. The second kappa shape index (κ2) is 7.98. The molecule has 0 aromatic heterocycles. The summed E-state index contributed by atoms with van der Waals surface area (Å²) in [6.45, 7) is 5.86. The number of ether oxygens (including phenoxy) is 1. The maximum atomic E-state index is 13.0. The first kappa shape index (κ1) is 19.2. The van der Waals surface area contributed by atoms with Gasteiger partial charge in [0.25, 0.3) is 0 Å². The third-order valence-corrected chi connectivity index (χ3v) is 5.33. The number of nitrogens with one attached hydrogen (secondary N) is 1. The smallest absolute Gasteiger partial charge is 0.409 e. The van der Waals surface area contributed by atoms with Crippen LogP contribution in [0.4, 0.5) is 10.5 Å². The molecule has 1 N–H and O–H groups in total. The van der Waals surface area contributed by atoms with E-state index in [2.05, 4.69) is 5.32 Å². The minimum atomic E-state index is -0.951. The van der Waals surface area contributed by atoms with Gasteiger partial charge in [0.1, 0.15) is 5.41 Å². The zero-order chi connectivity index (χ0) is 19.4. The molecule has 1 aliphatic carbocycles. The van der Waals surface area contributed by atoms with Gasteiger partial charge in [-0.15, -0.1) is 0 Å². The van der Waals surface area contributed by atoms with Crippen molar-refractivity contribution in [3.8, 4) is 0 Å². The number of carbonyl (C=O) groups excluding carboxylic acids is 3. The van der Waals surface area contributed by atoms with Gasteiger partial charge in [-0.25, -0.2) is 4.79 Å². The van der Waals surface area contributed by atoms with Gasteiger partial charge in [-0.1, -0.05) is 25.1 Å². The van der Waals surface area contributed by atoms with Crippen LogP contribution in [-0.2, 0) is 20.7 Å². The molecule has 2 fully saturated rings. The summed E-state index contributed by atoms with van der Waals surface area (Å²) >= 11 is 0. The highest BCUT2D eigenvalue weighted by Gasteiger charge is 2.58. The molecule has 7 nitrogen and oxygen atoms in total. The van der Waals surface area contributed by atoms with Gasteiger partial charge in [0, 0.05) is 31.9 Å². The lowest BCUT2D eigenvalue weighted by Gasteiger charge is -2.35. The summed E-state index contributed by atoms with van der Waals surface area (Å²) in [7, 11) is 0. The van der Waals surface area contributed by atoms with Crippen molar-refractivity contribution in [2.75, 3.05) is 38.1 Å². The monoisotopic (exact) mass is 373 g/mol. The Hall–Kier alpha value is -2.57. The van der Waals surface area contributed by atoms with E-state index in [-0.39, 0.29) is 17.9 Å². The molecule has 1 aromatic carbocycles. The van der Waals surface area contributed by atoms with E-state index in [1.807, 2.05) is 31.2 Å². The summed E-state index contributed by atoms with van der Waals surface area (Å²) in [4.78, 5) is 41.0. The van der Waals surface area contributed by atoms with E-state index in [0.717, 1.165) is 17.7 Å². The normalized spacial score (nSPS) is 18.0. The fourth-order valence-corrected chi connectivity index (χ4v) is 3.47. The first-order valence-electron chi connectivity index (χ1n) is 9.62. The quantitative estimate of drug-likeness (QED) is 0.803. The minimum absolute atomic E-state index is 0.127. The minimum Gasteiger partial charge on any atom is -0.450 e. The largest absolute Gasteiger partial charge is 0.450 e. The zero-order valence-corrected chi connectivity index (χ0v) is 16.0. The van der Waals surface area contributed by atoms with Gasteiger partial charge in [0.2, 0.25) is 11.8 Å². The van der Waals surface area contributed by atoms with Gasteiger partial charge in [0.15, 0.2) is 0 Å². The van der Waals surface area contributed by atoms with Gasteiger partial charge >= 0.3 is 6.09 Å². The molecule has 7 heteroatoms. The summed E-state index contributed by atoms with van der Waals surface area (Å²) in [6.07, 6.45) is 1.61. The number of rotatable bonds is 5. The van der Waals surface area contributed by atoms with Crippen LogP contribution in [0.25, 0.3) is 0 Å². The number of aryl methyl sites for hydroxylation is 1. The average Bonchev–Trinajstić information content (AvgIpc) is 3.50. The second-order valence-corrected chi connectivity index (χ2v) is 7.03.